The molecule has 1 saturated heterocycles. The van der Waals surface area contributed by atoms with Gasteiger partial charge in [0.15, 0.2) is 5.69 Å². The first-order chi connectivity index (χ1) is 14.1. The zero-order valence-corrected chi connectivity index (χ0v) is 17.0. The van der Waals surface area contributed by atoms with Crippen LogP contribution >= 0.6 is 11.6 Å². The Morgan fingerprint density at radius 2 is 1.76 bits per heavy atom. The van der Waals surface area contributed by atoms with E-state index in [4.69, 9.17) is 11.6 Å². The topological polar surface area (TPSA) is 54.3 Å². The average Bonchev–Trinajstić information content (AvgIpc) is 3.29. The van der Waals surface area contributed by atoms with Crippen LogP contribution in [0.5, 0.6) is 0 Å². The molecular formula is C22H22ClN5O. The Bertz CT molecular complexity index is 1040. The second-order valence-corrected chi connectivity index (χ2v) is 8.30. The second-order valence-electron chi connectivity index (χ2n) is 7.86. The summed E-state index contributed by atoms with van der Waals surface area (Å²) < 4.78 is 1.73. The van der Waals surface area contributed by atoms with E-state index in [1.54, 1.807) is 15.8 Å². The van der Waals surface area contributed by atoms with Crippen molar-refractivity contribution in [1.29, 1.82) is 0 Å². The number of hydrogen-bond donors (Lipinski definition) is 0. The SMILES string of the molecule is CC1CCN(c2ccc(N3Cc4cn(-c5ccc(Cl)cc5)nc4C3=O)cn2)CC1. The number of anilines is 2. The molecular weight excluding hydrogens is 386 g/mol. The van der Waals surface area contributed by atoms with Crippen molar-refractivity contribution < 1.29 is 4.79 Å². The quantitative estimate of drug-likeness (QED) is 0.649. The van der Waals surface area contributed by atoms with Gasteiger partial charge in [-0.15, -0.1) is 0 Å². The van der Waals surface area contributed by atoms with Crippen molar-refractivity contribution in [2.75, 3.05) is 22.9 Å². The zero-order chi connectivity index (χ0) is 20.0. The molecule has 6 nitrogen and oxygen atoms in total. The number of fused-ring (bicyclic) bond motifs is 1. The summed E-state index contributed by atoms with van der Waals surface area (Å²) in [7, 11) is 0. The standard InChI is InChI=1S/C22H22ClN5O/c1-15-8-10-26(11-9-15)20-7-6-19(12-24-20)27-13-16-14-28(25-21(16)22(27)29)18-4-2-17(23)3-5-18/h2-7,12,14-15H,8-11,13H2,1H3. The second kappa shape index (κ2) is 7.19. The first-order valence-corrected chi connectivity index (χ1v) is 10.3. The maximum atomic E-state index is 12.9. The Hall–Kier alpha value is -2.86. The predicted molar refractivity (Wildman–Crippen MR) is 114 cm³/mol. The molecule has 0 atom stereocenters. The van der Waals surface area contributed by atoms with E-state index in [2.05, 4.69) is 21.9 Å². The minimum absolute atomic E-state index is 0.0888. The summed E-state index contributed by atoms with van der Waals surface area (Å²) in [5, 5.41) is 5.17. The van der Waals surface area contributed by atoms with E-state index >= 15 is 0 Å². The summed E-state index contributed by atoms with van der Waals surface area (Å²) in [4.78, 5) is 21.6. The third-order valence-corrected chi connectivity index (χ3v) is 6.06. The van der Waals surface area contributed by atoms with Crippen LogP contribution in [0.4, 0.5) is 11.5 Å². The fraction of sp³-hybridized carbons (Fsp3) is 0.318. The highest BCUT2D eigenvalue weighted by Crippen LogP contribution is 2.29. The summed E-state index contributed by atoms with van der Waals surface area (Å²) in [6.07, 6.45) is 6.11. The lowest BCUT2D eigenvalue weighted by Gasteiger charge is -2.31. The minimum Gasteiger partial charge on any atom is -0.357 e. The number of halogens is 1. The summed E-state index contributed by atoms with van der Waals surface area (Å²) in [6, 6.07) is 11.4. The van der Waals surface area contributed by atoms with Gasteiger partial charge in [0.25, 0.3) is 5.91 Å². The number of hydrogen-bond acceptors (Lipinski definition) is 4. The van der Waals surface area contributed by atoms with E-state index in [1.807, 2.05) is 42.6 Å². The van der Waals surface area contributed by atoms with Crippen LogP contribution < -0.4 is 9.80 Å². The molecule has 0 radical (unpaired) electrons. The van der Waals surface area contributed by atoms with E-state index in [-0.39, 0.29) is 5.91 Å². The van der Waals surface area contributed by atoms with Crippen molar-refractivity contribution in [3.63, 3.8) is 0 Å². The van der Waals surface area contributed by atoms with Gasteiger partial charge < -0.3 is 9.80 Å². The van der Waals surface area contributed by atoms with Crippen LogP contribution in [0, 0.1) is 5.92 Å². The van der Waals surface area contributed by atoms with Crippen LogP contribution in [-0.4, -0.2) is 33.8 Å². The molecule has 2 aliphatic heterocycles. The molecule has 2 aromatic heterocycles. The molecule has 148 valence electrons. The summed E-state index contributed by atoms with van der Waals surface area (Å²) >= 11 is 5.95. The fourth-order valence-electron chi connectivity index (χ4n) is 3.97. The number of rotatable bonds is 3. The van der Waals surface area contributed by atoms with Gasteiger partial charge >= 0.3 is 0 Å². The Morgan fingerprint density at radius 3 is 2.41 bits per heavy atom. The Balaban J connectivity index is 1.32. The van der Waals surface area contributed by atoms with Crippen molar-refractivity contribution in [2.24, 2.45) is 5.92 Å². The molecule has 2 aliphatic rings. The number of carbonyl (C=O) groups excluding carboxylic acids is 1. The van der Waals surface area contributed by atoms with Gasteiger partial charge in [0.1, 0.15) is 5.82 Å². The molecule has 0 saturated carbocycles. The Kier molecular flexibility index (Phi) is 4.51. The number of benzene rings is 1. The van der Waals surface area contributed by atoms with Gasteiger partial charge in [0.2, 0.25) is 0 Å². The van der Waals surface area contributed by atoms with Gasteiger partial charge in [-0.1, -0.05) is 18.5 Å². The molecule has 0 aliphatic carbocycles. The van der Waals surface area contributed by atoms with Crippen molar-refractivity contribution in [2.45, 2.75) is 26.3 Å². The Morgan fingerprint density at radius 1 is 1.03 bits per heavy atom. The van der Waals surface area contributed by atoms with Gasteiger partial charge in [-0.3, -0.25) is 4.79 Å². The van der Waals surface area contributed by atoms with Crippen molar-refractivity contribution in [3.05, 3.63) is 65.1 Å². The highest BCUT2D eigenvalue weighted by atomic mass is 35.5. The first-order valence-electron chi connectivity index (χ1n) is 9.96. The van der Waals surface area contributed by atoms with Crippen LogP contribution in [0.2, 0.25) is 5.02 Å². The smallest absolute Gasteiger partial charge is 0.279 e. The summed E-state index contributed by atoms with van der Waals surface area (Å²) in [6.45, 7) is 4.89. The molecule has 0 spiro atoms. The zero-order valence-electron chi connectivity index (χ0n) is 16.3. The Labute approximate surface area is 174 Å². The lowest BCUT2D eigenvalue weighted by molar-refractivity contribution is 0.0991. The molecule has 1 fully saturated rings. The number of amides is 1. The highest BCUT2D eigenvalue weighted by molar-refractivity contribution is 6.30. The van der Waals surface area contributed by atoms with Crippen molar-refractivity contribution in [1.82, 2.24) is 14.8 Å². The number of nitrogens with zero attached hydrogens (tertiary/aromatic N) is 5. The van der Waals surface area contributed by atoms with E-state index < -0.39 is 0 Å². The maximum absolute atomic E-state index is 12.9. The van der Waals surface area contributed by atoms with Gasteiger partial charge in [-0.25, -0.2) is 9.67 Å². The predicted octanol–water partition coefficient (Wildman–Crippen LogP) is 4.32. The fourth-order valence-corrected chi connectivity index (χ4v) is 4.10. The largest absolute Gasteiger partial charge is 0.357 e. The molecule has 1 amide bonds. The van der Waals surface area contributed by atoms with Gasteiger partial charge in [0.05, 0.1) is 24.1 Å². The number of piperidine rings is 1. The van der Waals surface area contributed by atoms with E-state index in [1.165, 1.54) is 12.8 Å². The molecule has 5 rings (SSSR count). The molecule has 3 aromatic rings. The number of pyridine rings is 1. The van der Waals surface area contributed by atoms with Gasteiger partial charge in [0, 0.05) is 29.9 Å². The van der Waals surface area contributed by atoms with Crippen molar-refractivity contribution in [3.8, 4) is 5.69 Å². The third-order valence-electron chi connectivity index (χ3n) is 5.81. The van der Waals surface area contributed by atoms with Crippen LogP contribution in [0.25, 0.3) is 5.69 Å². The molecule has 0 unspecified atom stereocenters. The van der Waals surface area contributed by atoms with Crippen LogP contribution in [-0.2, 0) is 6.54 Å². The number of aromatic nitrogens is 3. The van der Waals surface area contributed by atoms with Crippen molar-refractivity contribution >= 4 is 29.0 Å². The lowest BCUT2D eigenvalue weighted by Crippen LogP contribution is -2.33. The maximum Gasteiger partial charge on any atom is 0.279 e. The molecule has 1 aromatic carbocycles. The van der Waals surface area contributed by atoms with E-state index in [0.717, 1.165) is 41.8 Å². The van der Waals surface area contributed by atoms with E-state index in [0.29, 0.717) is 17.3 Å². The van der Waals surface area contributed by atoms with Crippen LogP contribution in [0.1, 0.15) is 35.8 Å². The minimum atomic E-state index is -0.0888. The summed E-state index contributed by atoms with van der Waals surface area (Å²) in [5.41, 5.74) is 3.10. The third kappa shape index (κ3) is 3.38. The molecule has 0 N–H and O–H groups in total. The molecule has 29 heavy (non-hydrogen) atoms. The molecule has 0 bridgehead atoms. The van der Waals surface area contributed by atoms with E-state index in [9.17, 15) is 4.79 Å². The normalized spacial score (nSPS) is 17.1. The molecule has 7 heteroatoms. The first kappa shape index (κ1) is 18.2. The average molecular weight is 408 g/mol. The monoisotopic (exact) mass is 407 g/mol. The van der Waals surface area contributed by atoms with Crippen LogP contribution in [0.15, 0.2) is 48.8 Å². The molecule has 4 heterocycles. The summed E-state index contributed by atoms with van der Waals surface area (Å²) in [5.74, 6) is 1.68. The van der Waals surface area contributed by atoms with Gasteiger partial charge in [-0.05, 0) is 55.2 Å². The van der Waals surface area contributed by atoms with Crippen LogP contribution in [0.3, 0.4) is 0 Å². The lowest BCUT2D eigenvalue weighted by atomic mass is 9.99. The highest BCUT2D eigenvalue weighted by Gasteiger charge is 2.32. The van der Waals surface area contributed by atoms with Gasteiger partial charge in [-0.2, -0.15) is 5.10 Å². The number of carbonyl (C=O) groups is 1.